The van der Waals surface area contributed by atoms with Gasteiger partial charge in [-0.2, -0.15) is 21.6 Å². The van der Waals surface area contributed by atoms with E-state index in [1.165, 1.54) is 6.92 Å². The highest BCUT2D eigenvalue weighted by molar-refractivity contribution is 7.88. The Morgan fingerprint density at radius 3 is 2.29 bits per heavy atom. The Bertz CT molecular complexity index is 638. The van der Waals surface area contributed by atoms with Gasteiger partial charge in [-0.15, -0.1) is 0 Å². The van der Waals surface area contributed by atoms with Gasteiger partial charge < -0.3 is 14.0 Å². The lowest BCUT2D eigenvalue weighted by Crippen LogP contribution is -2.28. The van der Waals surface area contributed by atoms with Crippen molar-refractivity contribution in [2.24, 2.45) is 0 Å². The highest BCUT2D eigenvalue weighted by atomic mass is 32.2. The van der Waals surface area contributed by atoms with E-state index in [-0.39, 0.29) is 11.3 Å². The first-order chi connectivity index (χ1) is 9.49. The Labute approximate surface area is 118 Å². The average molecular weight is 328 g/mol. The second-order valence-electron chi connectivity index (χ2n) is 3.95. The van der Waals surface area contributed by atoms with E-state index in [0.29, 0.717) is 0 Å². The molecule has 6 nitrogen and oxygen atoms in total. The van der Waals surface area contributed by atoms with Crippen LogP contribution in [-0.4, -0.2) is 32.1 Å². The lowest BCUT2D eigenvalue weighted by molar-refractivity contribution is -0.138. The van der Waals surface area contributed by atoms with Crippen molar-refractivity contribution < 1.29 is 40.4 Å². The van der Waals surface area contributed by atoms with E-state index in [4.69, 9.17) is 9.84 Å². The molecule has 118 valence electrons. The number of hydrogen-bond acceptors (Lipinski definition) is 5. The summed E-state index contributed by atoms with van der Waals surface area (Å²) in [4.78, 5) is 10.8. The molecule has 0 aromatic heterocycles. The molecule has 0 aliphatic rings. The number of benzene rings is 1. The van der Waals surface area contributed by atoms with Gasteiger partial charge in [-0.25, -0.2) is 0 Å². The Hall–Kier alpha value is -1.97. The normalized spacial score (nSPS) is 13.6. The van der Waals surface area contributed by atoms with Crippen LogP contribution < -0.4 is 8.92 Å². The minimum atomic E-state index is -5.83. The maximum Gasteiger partial charge on any atom is 0.534 e. The first-order valence-electron chi connectivity index (χ1n) is 5.41. The number of alkyl halides is 3. The van der Waals surface area contributed by atoms with Crippen molar-refractivity contribution in [1.82, 2.24) is 0 Å². The Balaban J connectivity index is 3.20. The number of carbonyl (C=O) groups is 1. The monoisotopic (exact) mass is 328 g/mol. The molecule has 1 aromatic carbocycles. The van der Waals surface area contributed by atoms with Crippen molar-refractivity contribution in [1.29, 1.82) is 0 Å². The van der Waals surface area contributed by atoms with Gasteiger partial charge in [-0.05, 0) is 24.6 Å². The Kier molecular flexibility index (Phi) is 4.72. The molecule has 0 aliphatic carbocycles. The van der Waals surface area contributed by atoms with Gasteiger partial charge in [0.15, 0.2) is 11.5 Å². The number of methoxy groups -OCH3 is 1. The van der Waals surface area contributed by atoms with Gasteiger partial charge in [0, 0.05) is 0 Å². The maximum atomic E-state index is 12.2. The third-order valence-corrected chi connectivity index (χ3v) is 3.51. The first kappa shape index (κ1) is 17.1. The van der Waals surface area contributed by atoms with Gasteiger partial charge in [-0.3, -0.25) is 4.79 Å². The van der Waals surface area contributed by atoms with Gasteiger partial charge in [0.05, 0.1) is 13.0 Å². The van der Waals surface area contributed by atoms with Crippen molar-refractivity contribution in [3.05, 3.63) is 23.8 Å². The largest absolute Gasteiger partial charge is 0.534 e. The molecule has 0 bridgehead atoms. The molecule has 0 amide bonds. The predicted octanol–water partition coefficient (Wildman–Crippen LogP) is 2.11. The zero-order chi connectivity index (χ0) is 16.4. The molecule has 1 unspecified atom stereocenters. The minimum absolute atomic E-state index is 0.219. The van der Waals surface area contributed by atoms with Crippen molar-refractivity contribution in [2.75, 3.05) is 7.11 Å². The summed E-state index contributed by atoms with van der Waals surface area (Å²) < 4.78 is 67.2. The summed E-state index contributed by atoms with van der Waals surface area (Å²) in [6, 6.07) is 3.14. The summed E-state index contributed by atoms with van der Waals surface area (Å²) in [6.45, 7) is 1.35. The van der Waals surface area contributed by atoms with E-state index in [1.807, 2.05) is 0 Å². The van der Waals surface area contributed by atoms with E-state index in [1.54, 1.807) is 0 Å². The van der Waals surface area contributed by atoms with Crippen LogP contribution in [0.2, 0.25) is 0 Å². The Morgan fingerprint density at radius 1 is 1.29 bits per heavy atom. The molecule has 0 spiro atoms. The van der Waals surface area contributed by atoms with Crippen LogP contribution in [0.15, 0.2) is 18.2 Å². The number of ether oxygens (including phenoxy) is 1. The number of carboxylic acids is 1. The standard InChI is InChI=1S/C11H11F3O6S/c1-6(10(15)16)7-3-4-8(9(5-7)19-2)20-21(17,18)11(12,13)14/h3-6H,1-2H3,(H,15,16). The van der Waals surface area contributed by atoms with Crippen LogP contribution in [0, 0.1) is 0 Å². The zero-order valence-electron chi connectivity index (χ0n) is 10.8. The second-order valence-corrected chi connectivity index (χ2v) is 5.49. The van der Waals surface area contributed by atoms with E-state index < -0.39 is 33.3 Å². The smallest absolute Gasteiger partial charge is 0.493 e. The van der Waals surface area contributed by atoms with Gasteiger partial charge in [-0.1, -0.05) is 6.07 Å². The predicted molar refractivity (Wildman–Crippen MR) is 64.6 cm³/mol. The average Bonchev–Trinajstić information content (AvgIpc) is 2.36. The van der Waals surface area contributed by atoms with Gasteiger partial charge in [0.1, 0.15) is 0 Å². The quantitative estimate of drug-likeness (QED) is 0.658. The van der Waals surface area contributed by atoms with E-state index >= 15 is 0 Å². The second kappa shape index (κ2) is 5.80. The Morgan fingerprint density at radius 2 is 1.86 bits per heavy atom. The van der Waals surface area contributed by atoms with Crippen LogP contribution in [0.1, 0.15) is 18.4 Å². The molecule has 0 fully saturated rings. The fourth-order valence-electron chi connectivity index (χ4n) is 1.33. The zero-order valence-corrected chi connectivity index (χ0v) is 11.7. The van der Waals surface area contributed by atoms with Crippen LogP contribution in [-0.2, 0) is 14.9 Å². The molecular weight excluding hydrogens is 317 g/mol. The van der Waals surface area contributed by atoms with E-state index in [9.17, 15) is 26.4 Å². The van der Waals surface area contributed by atoms with Crippen LogP contribution in [0.3, 0.4) is 0 Å². The van der Waals surface area contributed by atoms with E-state index in [2.05, 4.69) is 4.18 Å². The van der Waals surface area contributed by atoms with Gasteiger partial charge >= 0.3 is 21.6 Å². The molecule has 0 radical (unpaired) electrons. The highest BCUT2D eigenvalue weighted by Gasteiger charge is 2.49. The number of carboxylic acid groups (broad SMARTS) is 1. The minimum Gasteiger partial charge on any atom is -0.493 e. The van der Waals surface area contributed by atoms with E-state index in [0.717, 1.165) is 25.3 Å². The maximum absolute atomic E-state index is 12.2. The van der Waals surface area contributed by atoms with Crippen molar-refractivity contribution >= 4 is 16.1 Å². The number of hydrogen-bond donors (Lipinski definition) is 1. The number of aliphatic carboxylic acids is 1. The summed E-state index contributed by atoms with van der Waals surface area (Å²) in [5, 5.41) is 8.84. The third-order valence-electron chi connectivity index (χ3n) is 2.54. The third kappa shape index (κ3) is 3.78. The van der Waals surface area contributed by atoms with Gasteiger partial charge in [0.25, 0.3) is 0 Å². The molecular formula is C11H11F3O6S. The SMILES string of the molecule is COc1cc(C(C)C(=O)O)ccc1OS(=O)(=O)C(F)(F)F. The summed E-state index contributed by atoms with van der Waals surface area (Å²) in [5.74, 6) is -3.12. The van der Waals surface area contributed by atoms with Crippen LogP contribution in [0.25, 0.3) is 0 Å². The van der Waals surface area contributed by atoms with Crippen LogP contribution >= 0.6 is 0 Å². The van der Waals surface area contributed by atoms with Crippen molar-refractivity contribution in [3.63, 3.8) is 0 Å². The lowest BCUT2D eigenvalue weighted by Gasteiger charge is -2.14. The lowest BCUT2D eigenvalue weighted by atomic mass is 10.0. The van der Waals surface area contributed by atoms with Crippen molar-refractivity contribution in [3.8, 4) is 11.5 Å². The molecule has 0 heterocycles. The molecule has 10 heteroatoms. The summed E-state index contributed by atoms with van der Waals surface area (Å²) in [7, 11) is -4.75. The molecule has 1 atom stereocenters. The topological polar surface area (TPSA) is 89.9 Å². The molecule has 1 rings (SSSR count). The van der Waals surface area contributed by atoms with Gasteiger partial charge in [0.2, 0.25) is 0 Å². The number of halogens is 3. The summed E-state index contributed by atoms with van der Waals surface area (Å²) in [6.07, 6.45) is 0. The fourth-order valence-corrected chi connectivity index (χ4v) is 1.80. The summed E-state index contributed by atoms with van der Waals surface area (Å²) >= 11 is 0. The fraction of sp³-hybridized carbons (Fsp3) is 0.364. The molecule has 21 heavy (non-hydrogen) atoms. The first-order valence-corrected chi connectivity index (χ1v) is 6.82. The van der Waals surface area contributed by atoms with Crippen LogP contribution in [0.5, 0.6) is 11.5 Å². The molecule has 0 aliphatic heterocycles. The highest BCUT2D eigenvalue weighted by Crippen LogP contribution is 2.35. The van der Waals surface area contributed by atoms with Crippen molar-refractivity contribution in [2.45, 2.75) is 18.3 Å². The molecule has 1 N–H and O–H groups in total. The summed E-state index contributed by atoms with van der Waals surface area (Å²) in [5.41, 5.74) is -5.36. The molecule has 0 saturated carbocycles. The number of rotatable bonds is 5. The molecule has 1 aromatic rings. The molecule has 0 saturated heterocycles. The van der Waals surface area contributed by atoms with Crippen LogP contribution in [0.4, 0.5) is 13.2 Å².